The van der Waals surface area contributed by atoms with Gasteiger partial charge in [0.2, 0.25) is 5.91 Å². The van der Waals surface area contributed by atoms with E-state index in [4.69, 9.17) is 16.3 Å². The maximum atomic E-state index is 12.2. The van der Waals surface area contributed by atoms with E-state index in [1.165, 1.54) is 0 Å². The van der Waals surface area contributed by atoms with Gasteiger partial charge in [-0.05, 0) is 42.3 Å². The predicted molar refractivity (Wildman–Crippen MR) is 79.2 cm³/mol. The average Bonchev–Trinajstić information content (AvgIpc) is 2.47. The minimum Gasteiger partial charge on any atom is -0.492 e. The first-order chi connectivity index (χ1) is 9.72. The Morgan fingerprint density at radius 3 is 2.80 bits per heavy atom. The number of ether oxygens (including phenoxy) is 1. The number of hydrogen-bond donors (Lipinski definition) is 1. The maximum Gasteiger partial charge on any atom is 0.231 e. The second-order valence-corrected chi connectivity index (χ2v) is 5.26. The zero-order valence-electron chi connectivity index (χ0n) is 10.8. The Bertz CT molecular complexity index is 628. The third-order valence-electron chi connectivity index (χ3n) is 3.34. The van der Waals surface area contributed by atoms with Crippen molar-refractivity contribution in [3.05, 3.63) is 59.1 Å². The minimum absolute atomic E-state index is 0.0261. The highest BCUT2D eigenvalue weighted by Gasteiger charge is 2.26. The van der Waals surface area contributed by atoms with Crippen LogP contribution in [0.4, 0.5) is 5.69 Å². The minimum atomic E-state index is -0.193. The lowest BCUT2D eigenvalue weighted by Crippen LogP contribution is -2.32. The molecule has 0 spiro atoms. The molecule has 1 aliphatic rings. The molecule has 1 heterocycles. The summed E-state index contributed by atoms with van der Waals surface area (Å²) in [7, 11) is 0. The zero-order chi connectivity index (χ0) is 13.9. The Balaban J connectivity index is 1.72. The van der Waals surface area contributed by atoms with Crippen LogP contribution in [0.5, 0.6) is 5.75 Å². The summed E-state index contributed by atoms with van der Waals surface area (Å²) in [5.74, 6) is 0.598. The topological polar surface area (TPSA) is 38.3 Å². The summed E-state index contributed by atoms with van der Waals surface area (Å²) in [5.41, 5.74) is 1.78. The van der Waals surface area contributed by atoms with Gasteiger partial charge >= 0.3 is 0 Å². The molecule has 0 radical (unpaired) electrons. The summed E-state index contributed by atoms with van der Waals surface area (Å²) in [6.45, 7) is 0.396. The van der Waals surface area contributed by atoms with Gasteiger partial charge in [0.1, 0.15) is 12.4 Å². The molecule has 0 aliphatic carbocycles. The molecule has 3 nitrogen and oxygen atoms in total. The van der Waals surface area contributed by atoms with Crippen LogP contribution in [0.15, 0.2) is 48.5 Å². The van der Waals surface area contributed by atoms with Gasteiger partial charge in [-0.25, -0.2) is 0 Å². The van der Waals surface area contributed by atoms with Gasteiger partial charge in [-0.3, -0.25) is 4.79 Å². The Kier molecular flexibility index (Phi) is 3.61. The summed E-state index contributed by atoms with van der Waals surface area (Å²) in [5, 5.41) is 3.57. The van der Waals surface area contributed by atoms with Gasteiger partial charge in [0.25, 0.3) is 0 Å². The van der Waals surface area contributed by atoms with Crippen molar-refractivity contribution in [2.24, 2.45) is 5.92 Å². The second kappa shape index (κ2) is 5.55. The van der Waals surface area contributed by atoms with Crippen molar-refractivity contribution in [2.75, 3.05) is 11.9 Å². The monoisotopic (exact) mass is 287 g/mol. The third-order valence-corrected chi connectivity index (χ3v) is 3.58. The number of amides is 1. The lowest BCUT2D eigenvalue weighted by atomic mass is 9.96. The summed E-state index contributed by atoms with van der Waals surface area (Å²) in [6.07, 6.45) is 0.647. The fourth-order valence-electron chi connectivity index (χ4n) is 2.30. The largest absolute Gasteiger partial charge is 0.492 e. The number of rotatable bonds is 2. The van der Waals surface area contributed by atoms with Crippen molar-refractivity contribution in [1.29, 1.82) is 0 Å². The van der Waals surface area contributed by atoms with E-state index in [1.54, 1.807) is 6.07 Å². The van der Waals surface area contributed by atoms with Gasteiger partial charge in [0.05, 0.1) is 5.92 Å². The predicted octanol–water partition coefficient (Wildman–Crippen LogP) is 3.53. The van der Waals surface area contributed by atoms with Crippen LogP contribution in [0, 0.1) is 5.92 Å². The van der Waals surface area contributed by atoms with Crippen molar-refractivity contribution in [1.82, 2.24) is 0 Å². The van der Waals surface area contributed by atoms with E-state index in [1.807, 2.05) is 42.5 Å². The Hall–Kier alpha value is -2.00. The van der Waals surface area contributed by atoms with E-state index in [0.29, 0.717) is 18.1 Å². The molecule has 1 N–H and O–H groups in total. The second-order valence-electron chi connectivity index (χ2n) is 4.82. The van der Waals surface area contributed by atoms with Gasteiger partial charge in [-0.15, -0.1) is 0 Å². The van der Waals surface area contributed by atoms with Crippen LogP contribution in [0.1, 0.15) is 5.56 Å². The maximum absolute atomic E-state index is 12.2. The summed E-state index contributed by atoms with van der Waals surface area (Å²) in [4.78, 5) is 12.2. The molecule has 20 heavy (non-hydrogen) atoms. The van der Waals surface area contributed by atoms with E-state index >= 15 is 0 Å². The van der Waals surface area contributed by atoms with Crippen molar-refractivity contribution in [2.45, 2.75) is 6.42 Å². The Labute approximate surface area is 122 Å². The summed E-state index contributed by atoms with van der Waals surface area (Å²) < 4.78 is 5.63. The normalized spacial score (nSPS) is 16.9. The van der Waals surface area contributed by atoms with E-state index in [2.05, 4.69) is 5.32 Å². The molecule has 0 unspecified atom stereocenters. The first kappa shape index (κ1) is 13.0. The molecule has 0 aromatic heterocycles. The number of carbonyl (C=O) groups is 1. The van der Waals surface area contributed by atoms with Gasteiger partial charge in [0.15, 0.2) is 0 Å². The van der Waals surface area contributed by atoms with Gasteiger partial charge < -0.3 is 10.1 Å². The molecule has 2 aromatic carbocycles. The smallest absolute Gasteiger partial charge is 0.231 e. The molecule has 0 saturated heterocycles. The van der Waals surface area contributed by atoms with Crippen molar-refractivity contribution < 1.29 is 9.53 Å². The quantitative estimate of drug-likeness (QED) is 0.917. The molecule has 0 saturated carbocycles. The number of halogens is 1. The lowest BCUT2D eigenvalue weighted by molar-refractivity contribution is -0.121. The number of anilines is 1. The van der Waals surface area contributed by atoms with E-state index < -0.39 is 0 Å². The molecule has 0 fully saturated rings. The highest BCUT2D eigenvalue weighted by Crippen LogP contribution is 2.30. The molecular formula is C16H14ClNO2. The van der Waals surface area contributed by atoms with Crippen molar-refractivity contribution >= 4 is 23.2 Å². The molecule has 0 bridgehead atoms. The molecule has 1 atom stereocenters. The molecule has 4 heteroatoms. The molecule has 102 valence electrons. The van der Waals surface area contributed by atoms with E-state index in [-0.39, 0.29) is 11.8 Å². The fraction of sp³-hybridized carbons (Fsp3) is 0.188. The molecular weight excluding hydrogens is 274 g/mol. The lowest BCUT2D eigenvalue weighted by Gasteiger charge is -2.24. The molecule has 2 aromatic rings. The highest BCUT2D eigenvalue weighted by molar-refractivity contribution is 6.30. The van der Waals surface area contributed by atoms with Gasteiger partial charge in [-0.1, -0.05) is 29.8 Å². The van der Waals surface area contributed by atoms with Crippen LogP contribution >= 0.6 is 11.6 Å². The third kappa shape index (κ3) is 2.78. The van der Waals surface area contributed by atoms with Crippen LogP contribution in [0.2, 0.25) is 5.02 Å². The van der Waals surface area contributed by atoms with Crippen molar-refractivity contribution in [3.63, 3.8) is 0 Å². The highest BCUT2D eigenvalue weighted by atomic mass is 35.5. The van der Waals surface area contributed by atoms with Crippen LogP contribution in [-0.4, -0.2) is 12.5 Å². The SMILES string of the molecule is O=C(Nc1ccccc1)[C@H]1COc2ccc(Cl)cc2C1. The Morgan fingerprint density at radius 2 is 2.00 bits per heavy atom. The number of benzene rings is 2. The molecule has 1 amide bonds. The first-order valence-electron chi connectivity index (χ1n) is 6.49. The summed E-state index contributed by atoms with van der Waals surface area (Å²) >= 11 is 5.98. The molecule has 3 rings (SSSR count). The number of nitrogens with one attached hydrogen (secondary N) is 1. The van der Waals surface area contributed by atoms with Gasteiger partial charge in [0, 0.05) is 10.7 Å². The first-order valence-corrected chi connectivity index (χ1v) is 6.87. The van der Waals surface area contributed by atoms with E-state index in [9.17, 15) is 4.79 Å². The van der Waals surface area contributed by atoms with Crippen LogP contribution < -0.4 is 10.1 Å². The number of fused-ring (bicyclic) bond motifs is 1. The summed E-state index contributed by atoms with van der Waals surface area (Å²) in [6, 6.07) is 14.9. The van der Waals surface area contributed by atoms with Crippen LogP contribution in [0.25, 0.3) is 0 Å². The number of para-hydroxylation sites is 1. The number of hydrogen-bond acceptors (Lipinski definition) is 2. The zero-order valence-corrected chi connectivity index (χ0v) is 11.6. The standard InChI is InChI=1S/C16H14ClNO2/c17-13-6-7-15-11(9-13)8-12(10-20-15)16(19)18-14-4-2-1-3-5-14/h1-7,9,12H,8,10H2,(H,18,19)/t12-/m1/s1. The Morgan fingerprint density at radius 1 is 1.20 bits per heavy atom. The number of carbonyl (C=O) groups excluding carboxylic acids is 1. The van der Waals surface area contributed by atoms with Crippen molar-refractivity contribution in [3.8, 4) is 5.75 Å². The average molecular weight is 288 g/mol. The van der Waals surface area contributed by atoms with Crippen LogP contribution in [-0.2, 0) is 11.2 Å². The fourth-order valence-corrected chi connectivity index (χ4v) is 2.49. The van der Waals surface area contributed by atoms with Gasteiger partial charge in [-0.2, -0.15) is 0 Å². The molecule has 1 aliphatic heterocycles. The van der Waals surface area contributed by atoms with E-state index in [0.717, 1.165) is 17.0 Å². The van der Waals surface area contributed by atoms with Crippen LogP contribution in [0.3, 0.4) is 0 Å².